The lowest BCUT2D eigenvalue weighted by molar-refractivity contribution is -0.385. The summed E-state index contributed by atoms with van der Waals surface area (Å²) < 4.78 is 13.2. The van der Waals surface area contributed by atoms with Crippen LogP contribution in [0.3, 0.4) is 0 Å². The molecule has 1 aliphatic rings. The molecule has 0 spiro atoms. The molecule has 6 heteroatoms. The van der Waals surface area contributed by atoms with Crippen LogP contribution < -0.4 is 0 Å². The van der Waals surface area contributed by atoms with Crippen molar-refractivity contribution in [3.8, 4) is 0 Å². The lowest BCUT2D eigenvalue weighted by Gasteiger charge is -2.25. The van der Waals surface area contributed by atoms with Crippen molar-refractivity contribution in [2.45, 2.75) is 31.6 Å². The molecule has 1 atom stereocenters. The summed E-state index contributed by atoms with van der Waals surface area (Å²) in [5.41, 5.74) is 1.44. The fourth-order valence-corrected chi connectivity index (χ4v) is 3.49. The second-order valence-electron chi connectivity index (χ2n) is 6.65. The Balaban J connectivity index is 1.74. The van der Waals surface area contributed by atoms with E-state index in [0.717, 1.165) is 24.8 Å². The first-order valence-electron chi connectivity index (χ1n) is 8.80. The van der Waals surface area contributed by atoms with Crippen molar-refractivity contribution in [1.29, 1.82) is 0 Å². The molecule has 0 aromatic heterocycles. The molecular weight excluding hydrogens is 335 g/mol. The number of nitrogens with zero attached hydrogens (tertiary/aromatic N) is 2. The number of hydrogen-bond acceptors (Lipinski definition) is 3. The maximum atomic E-state index is 13.2. The van der Waals surface area contributed by atoms with E-state index in [1.165, 1.54) is 18.2 Å². The molecule has 1 heterocycles. The van der Waals surface area contributed by atoms with Crippen molar-refractivity contribution in [1.82, 2.24) is 4.90 Å². The number of nitro benzene ring substituents is 1. The van der Waals surface area contributed by atoms with Gasteiger partial charge in [0.05, 0.1) is 11.3 Å². The molecule has 0 aliphatic carbocycles. The van der Waals surface area contributed by atoms with Crippen LogP contribution in [-0.4, -0.2) is 28.8 Å². The number of nitro groups is 1. The van der Waals surface area contributed by atoms with Crippen LogP contribution in [0.4, 0.5) is 10.1 Å². The third-order valence-corrected chi connectivity index (χ3v) is 4.90. The molecule has 3 rings (SSSR count). The fourth-order valence-electron chi connectivity index (χ4n) is 3.49. The lowest BCUT2D eigenvalue weighted by Crippen LogP contribution is -2.35. The van der Waals surface area contributed by atoms with E-state index in [1.807, 2.05) is 0 Å². The zero-order valence-electron chi connectivity index (χ0n) is 14.4. The molecule has 1 aliphatic heterocycles. The van der Waals surface area contributed by atoms with Crippen LogP contribution in [0, 0.1) is 15.9 Å². The Bertz CT molecular complexity index is 792. The minimum Gasteiger partial charge on any atom is -0.342 e. The van der Waals surface area contributed by atoms with Crippen LogP contribution in [-0.2, 0) is 11.2 Å². The first-order chi connectivity index (χ1) is 12.5. The maximum absolute atomic E-state index is 13.2. The maximum Gasteiger partial charge on any atom is 0.273 e. The van der Waals surface area contributed by atoms with Gasteiger partial charge in [0.25, 0.3) is 5.69 Å². The Labute approximate surface area is 151 Å². The highest BCUT2D eigenvalue weighted by molar-refractivity contribution is 5.80. The van der Waals surface area contributed by atoms with Crippen LogP contribution in [0.15, 0.2) is 48.5 Å². The minimum atomic E-state index is -0.452. The largest absolute Gasteiger partial charge is 0.342 e. The van der Waals surface area contributed by atoms with Gasteiger partial charge in [-0.1, -0.05) is 36.8 Å². The standard InChI is InChI=1S/C20H21FN2O3/c21-18-10-8-15(9-11-18)17-6-3-4-12-22(14-17)20(24)13-16-5-1-2-7-19(16)23(25)26/h1-2,5,7-11,17H,3-4,6,12-14H2. The van der Waals surface area contributed by atoms with E-state index in [9.17, 15) is 19.3 Å². The van der Waals surface area contributed by atoms with Crippen molar-refractivity contribution < 1.29 is 14.1 Å². The highest BCUT2D eigenvalue weighted by atomic mass is 19.1. The number of carbonyl (C=O) groups is 1. The molecule has 0 N–H and O–H groups in total. The molecule has 2 aromatic carbocycles. The predicted octanol–water partition coefficient (Wildman–Crippen LogP) is 4.07. The van der Waals surface area contributed by atoms with Gasteiger partial charge in [0.2, 0.25) is 5.91 Å². The normalized spacial score (nSPS) is 17.6. The number of para-hydroxylation sites is 1. The molecule has 1 amide bonds. The number of hydrogen-bond donors (Lipinski definition) is 0. The summed E-state index contributed by atoms with van der Waals surface area (Å²) in [6, 6.07) is 12.8. The molecule has 26 heavy (non-hydrogen) atoms. The zero-order chi connectivity index (χ0) is 18.5. The van der Waals surface area contributed by atoms with E-state index < -0.39 is 4.92 Å². The van der Waals surface area contributed by atoms with Gasteiger partial charge in [-0.05, 0) is 30.5 Å². The first kappa shape index (κ1) is 18.0. The van der Waals surface area contributed by atoms with E-state index in [0.29, 0.717) is 18.7 Å². The molecule has 0 saturated carbocycles. The van der Waals surface area contributed by atoms with E-state index >= 15 is 0 Å². The predicted molar refractivity (Wildman–Crippen MR) is 96.4 cm³/mol. The van der Waals surface area contributed by atoms with Gasteiger partial charge in [0.1, 0.15) is 5.82 Å². The number of rotatable bonds is 4. The monoisotopic (exact) mass is 356 g/mol. The van der Waals surface area contributed by atoms with Gasteiger partial charge >= 0.3 is 0 Å². The molecule has 1 unspecified atom stereocenters. The Kier molecular flexibility index (Phi) is 5.61. The van der Waals surface area contributed by atoms with Gasteiger partial charge in [-0.15, -0.1) is 0 Å². The Hall–Kier alpha value is -2.76. The molecular formula is C20H21FN2O3. The van der Waals surface area contributed by atoms with Crippen LogP contribution >= 0.6 is 0 Å². The van der Waals surface area contributed by atoms with E-state index in [1.54, 1.807) is 35.2 Å². The fraction of sp³-hybridized carbons (Fsp3) is 0.350. The Morgan fingerprint density at radius 2 is 1.88 bits per heavy atom. The summed E-state index contributed by atoms with van der Waals surface area (Å²) in [4.78, 5) is 25.3. The molecule has 1 fully saturated rings. The number of amides is 1. The molecule has 136 valence electrons. The van der Waals surface area contributed by atoms with E-state index in [-0.39, 0.29) is 29.8 Å². The summed E-state index contributed by atoms with van der Waals surface area (Å²) >= 11 is 0. The average Bonchev–Trinajstić information content (AvgIpc) is 2.89. The second kappa shape index (κ2) is 8.08. The van der Waals surface area contributed by atoms with Crippen LogP contribution in [0.25, 0.3) is 0 Å². The highest BCUT2D eigenvalue weighted by Crippen LogP contribution is 2.27. The zero-order valence-corrected chi connectivity index (χ0v) is 14.4. The van der Waals surface area contributed by atoms with Crippen LogP contribution in [0.1, 0.15) is 36.3 Å². The molecule has 0 radical (unpaired) electrons. The van der Waals surface area contributed by atoms with Gasteiger partial charge in [-0.25, -0.2) is 4.39 Å². The smallest absolute Gasteiger partial charge is 0.273 e. The quantitative estimate of drug-likeness (QED) is 0.613. The first-order valence-corrected chi connectivity index (χ1v) is 8.80. The van der Waals surface area contributed by atoms with Crippen molar-refractivity contribution in [2.24, 2.45) is 0 Å². The summed E-state index contributed by atoms with van der Waals surface area (Å²) in [5.74, 6) is -0.215. The SMILES string of the molecule is O=C(Cc1ccccc1[N+](=O)[O-])N1CCCCC(c2ccc(F)cc2)C1. The summed E-state index contributed by atoms with van der Waals surface area (Å²) in [6.07, 6.45) is 2.87. The second-order valence-corrected chi connectivity index (χ2v) is 6.65. The van der Waals surface area contributed by atoms with Crippen molar-refractivity contribution in [3.05, 3.63) is 75.6 Å². The molecule has 5 nitrogen and oxygen atoms in total. The van der Waals surface area contributed by atoms with Gasteiger partial charge in [-0.2, -0.15) is 0 Å². The molecule has 0 bridgehead atoms. The summed E-state index contributed by atoms with van der Waals surface area (Å²) in [5, 5.41) is 11.1. The van der Waals surface area contributed by atoms with E-state index in [4.69, 9.17) is 0 Å². The average molecular weight is 356 g/mol. The third-order valence-electron chi connectivity index (χ3n) is 4.90. The molecule has 1 saturated heterocycles. The van der Waals surface area contributed by atoms with Crippen molar-refractivity contribution in [2.75, 3.05) is 13.1 Å². The number of likely N-dealkylation sites (tertiary alicyclic amines) is 1. The minimum absolute atomic E-state index is 0.0211. The Morgan fingerprint density at radius 3 is 2.62 bits per heavy atom. The molecule has 2 aromatic rings. The number of benzene rings is 2. The third kappa shape index (κ3) is 4.25. The van der Waals surface area contributed by atoms with Gasteiger partial charge in [-0.3, -0.25) is 14.9 Å². The summed E-state index contributed by atoms with van der Waals surface area (Å²) in [6.45, 7) is 1.21. The number of halogens is 1. The van der Waals surface area contributed by atoms with Gasteiger partial charge < -0.3 is 4.90 Å². The van der Waals surface area contributed by atoms with Crippen LogP contribution in [0.2, 0.25) is 0 Å². The van der Waals surface area contributed by atoms with Gasteiger partial charge in [0.15, 0.2) is 0 Å². The topological polar surface area (TPSA) is 63.4 Å². The van der Waals surface area contributed by atoms with Crippen molar-refractivity contribution in [3.63, 3.8) is 0 Å². The lowest BCUT2D eigenvalue weighted by atomic mass is 9.94. The van der Waals surface area contributed by atoms with Gasteiger partial charge in [0, 0.05) is 30.6 Å². The number of carbonyl (C=O) groups excluding carboxylic acids is 1. The highest BCUT2D eigenvalue weighted by Gasteiger charge is 2.25. The Morgan fingerprint density at radius 1 is 1.15 bits per heavy atom. The summed E-state index contributed by atoms with van der Waals surface area (Å²) in [7, 11) is 0. The van der Waals surface area contributed by atoms with E-state index in [2.05, 4.69) is 0 Å². The van der Waals surface area contributed by atoms with Crippen molar-refractivity contribution >= 4 is 11.6 Å². The van der Waals surface area contributed by atoms with Crippen LogP contribution in [0.5, 0.6) is 0 Å².